The second-order valence-corrected chi connectivity index (χ2v) is 5.88. The lowest BCUT2D eigenvalue weighted by atomic mass is 9.90. The van der Waals surface area contributed by atoms with E-state index in [1.807, 2.05) is 23.9 Å². The Balaban J connectivity index is 1.93. The van der Waals surface area contributed by atoms with Crippen LogP contribution in [0.3, 0.4) is 0 Å². The predicted octanol–water partition coefficient (Wildman–Crippen LogP) is 3.92. The highest BCUT2D eigenvalue weighted by molar-refractivity contribution is 7.99. The first-order valence-electron chi connectivity index (χ1n) is 6.22. The molecule has 0 radical (unpaired) electrons. The molecule has 92 valence electrons. The predicted molar refractivity (Wildman–Crippen MR) is 76.0 cm³/mol. The highest BCUT2D eigenvalue weighted by Crippen LogP contribution is 2.45. The molecule has 0 bridgehead atoms. The quantitative estimate of drug-likeness (QED) is 0.879. The smallest absolute Gasteiger partial charge is 0.0867 e. The lowest BCUT2D eigenvalue weighted by molar-refractivity contribution is 0.153. The molecule has 0 saturated heterocycles. The van der Waals surface area contributed by atoms with Gasteiger partial charge in [0, 0.05) is 16.6 Å². The first-order chi connectivity index (χ1) is 8.75. The van der Waals surface area contributed by atoms with Crippen LogP contribution in [0.25, 0.3) is 0 Å². The molecule has 18 heavy (non-hydrogen) atoms. The Labute approximate surface area is 112 Å². The van der Waals surface area contributed by atoms with E-state index in [0.717, 1.165) is 11.3 Å². The van der Waals surface area contributed by atoms with Crippen LogP contribution in [0.4, 0.5) is 0 Å². The van der Waals surface area contributed by atoms with Gasteiger partial charge in [0.1, 0.15) is 0 Å². The van der Waals surface area contributed by atoms with Crippen molar-refractivity contribution in [2.45, 2.75) is 23.8 Å². The van der Waals surface area contributed by atoms with Crippen molar-refractivity contribution in [2.75, 3.05) is 5.75 Å². The molecule has 0 fully saturated rings. The number of thioether (sulfide) groups is 1. The lowest BCUT2D eigenvalue weighted by Crippen LogP contribution is -2.10. The van der Waals surface area contributed by atoms with E-state index in [-0.39, 0.29) is 5.92 Å². The van der Waals surface area contributed by atoms with Crippen LogP contribution in [0.1, 0.15) is 28.7 Å². The summed E-state index contributed by atoms with van der Waals surface area (Å²) >= 11 is 1.84. The Morgan fingerprint density at radius 2 is 2.00 bits per heavy atom. The normalized spacial score (nSPS) is 19.6. The summed E-state index contributed by atoms with van der Waals surface area (Å²) < 4.78 is 0. The molecule has 0 saturated carbocycles. The minimum absolute atomic E-state index is 0.216. The maximum absolute atomic E-state index is 10.6. The second kappa shape index (κ2) is 4.79. The second-order valence-electron chi connectivity index (χ2n) is 4.81. The Bertz CT molecular complexity index is 565. The minimum Gasteiger partial charge on any atom is -0.388 e. The third-order valence-corrected chi connectivity index (χ3v) is 4.71. The largest absolute Gasteiger partial charge is 0.388 e. The summed E-state index contributed by atoms with van der Waals surface area (Å²) in [6.45, 7) is 2.06. The summed E-state index contributed by atoms with van der Waals surface area (Å²) in [4.78, 5) is 1.31. The van der Waals surface area contributed by atoms with Crippen molar-refractivity contribution in [3.05, 3.63) is 65.2 Å². The number of hydrogen-bond acceptors (Lipinski definition) is 2. The molecule has 2 heteroatoms. The number of aryl methyl sites for hydroxylation is 1. The summed E-state index contributed by atoms with van der Waals surface area (Å²) in [5.74, 6) is 1.18. The van der Waals surface area contributed by atoms with E-state index in [1.165, 1.54) is 16.0 Å². The standard InChI is InChI=1S/C16H16OS/c1-11-5-4-6-12(9-11)16(17)14-10-18-15-8-3-2-7-13(14)15/h2-9,14,16-17H,10H2,1H3. The van der Waals surface area contributed by atoms with Gasteiger partial charge in [0.05, 0.1) is 6.10 Å². The molecular weight excluding hydrogens is 240 g/mol. The number of rotatable bonds is 2. The Hall–Kier alpha value is -1.25. The molecule has 1 N–H and O–H groups in total. The number of hydrogen-bond donors (Lipinski definition) is 1. The van der Waals surface area contributed by atoms with Crippen LogP contribution in [-0.4, -0.2) is 10.9 Å². The van der Waals surface area contributed by atoms with E-state index in [9.17, 15) is 5.11 Å². The van der Waals surface area contributed by atoms with Crippen LogP contribution >= 0.6 is 11.8 Å². The summed E-state index contributed by atoms with van der Waals surface area (Å²) in [6.07, 6.45) is -0.402. The van der Waals surface area contributed by atoms with Crippen LogP contribution in [0, 0.1) is 6.92 Å². The summed E-state index contributed by atoms with van der Waals surface area (Å²) in [7, 11) is 0. The summed E-state index contributed by atoms with van der Waals surface area (Å²) in [5.41, 5.74) is 3.51. The van der Waals surface area contributed by atoms with E-state index in [4.69, 9.17) is 0 Å². The fourth-order valence-corrected chi connectivity index (χ4v) is 3.82. The molecule has 1 heterocycles. The van der Waals surface area contributed by atoms with Crippen molar-refractivity contribution in [2.24, 2.45) is 0 Å². The average molecular weight is 256 g/mol. The van der Waals surface area contributed by atoms with Gasteiger partial charge in [0.25, 0.3) is 0 Å². The Morgan fingerprint density at radius 3 is 2.83 bits per heavy atom. The van der Waals surface area contributed by atoms with Gasteiger partial charge in [-0.25, -0.2) is 0 Å². The van der Waals surface area contributed by atoms with Gasteiger partial charge in [0.15, 0.2) is 0 Å². The molecule has 0 spiro atoms. The SMILES string of the molecule is Cc1cccc(C(O)C2CSc3ccccc32)c1. The average Bonchev–Trinajstić information content (AvgIpc) is 2.82. The molecule has 1 nitrogen and oxygen atoms in total. The molecule has 0 aliphatic carbocycles. The van der Waals surface area contributed by atoms with Crippen molar-refractivity contribution in [3.8, 4) is 0 Å². The fourth-order valence-electron chi connectivity index (χ4n) is 2.54. The zero-order chi connectivity index (χ0) is 12.5. The van der Waals surface area contributed by atoms with E-state index in [1.54, 1.807) is 0 Å². The van der Waals surface area contributed by atoms with Gasteiger partial charge in [-0.2, -0.15) is 0 Å². The van der Waals surface area contributed by atoms with Crippen LogP contribution in [-0.2, 0) is 0 Å². The molecule has 0 amide bonds. The first kappa shape index (κ1) is 11.8. The number of benzene rings is 2. The zero-order valence-corrected chi connectivity index (χ0v) is 11.2. The zero-order valence-electron chi connectivity index (χ0n) is 10.3. The summed E-state index contributed by atoms with van der Waals surface area (Å²) in [5, 5.41) is 10.6. The van der Waals surface area contributed by atoms with E-state index >= 15 is 0 Å². The van der Waals surface area contributed by atoms with Gasteiger partial charge < -0.3 is 5.11 Å². The van der Waals surface area contributed by atoms with Crippen molar-refractivity contribution < 1.29 is 5.11 Å². The molecule has 2 aromatic carbocycles. The Morgan fingerprint density at radius 1 is 1.17 bits per heavy atom. The molecule has 3 rings (SSSR count). The lowest BCUT2D eigenvalue weighted by Gasteiger charge is -2.19. The topological polar surface area (TPSA) is 20.2 Å². The van der Waals surface area contributed by atoms with Gasteiger partial charge in [-0.15, -0.1) is 11.8 Å². The number of aliphatic hydroxyl groups is 1. The summed E-state index contributed by atoms with van der Waals surface area (Å²) in [6, 6.07) is 16.6. The molecule has 2 atom stereocenters. The van der Waals surface area contributed by atoms with Crippen molar-refractivity contribution in [1.29, 1.82) is 0 Å². The highest BCUT2D eigenvalue weighted by atomic mass is 32.2. The molecule has 2 unspecified atom stereocenters. The van der Waals surface area contributed by atoms with Crippen LogP contribution in [0.5, 0.6) is 0 Å². The van der Waals surface area contributed by atoms with Gasteiger partial charge in [-0.3, -0.25) is 0 Å². The number of aliphatic hydroxyl groups excluding tert-OH is 1. The Kier molecular flexibility index (Phi) is 3.14. The van der Waals surface area contributed by atoms with Crippen LogP contribution in [0.2, 0.25) is 0 Å². The van der Waals surface area contributed by atoms with Crippen LogP contribution < -0.4 is 0 Å². The maximum Gasteiger partial charge on any atom is 0.0867 e. The van der Waals surface area contributed by atoms with E-state index in [0.29, 0.717) is 0 Å². The van der Waals surface area contributed by atoms with Crippen molar-refractivity contribution in [1.82, 2.24) is 0 Å². The van der Waals surface area contributed by atoms with Gasteiger partial charge in [-0.1, -0.05) is 48.0 Å². The molecular formula is C16H16OS. The maximum atomic E-state index is 10.6. The van der Waals surface area contributed by atoms with Crippen molar-refractivity contribution in [3.63, 3.8) is 0 Å². The van der Waals surface area contributed by atoms with E-state index in [2.05, 4.69) is 43.3 Å². The van der Waals surface area contributed by atoms with Gasteiger partial charge in [-0.05, 0) is 24.1 Å². The third kappa shape index (κ3) is 2.06. The van der Waals surface area contributed by atoms with Gasteiger partial charge in [0.2, 0.25) is 0 Å². The van der Waals surface area contributed by atoms with E-state index < -0.39 is 6.10 Å². The monoisotopic (exact) mass is 256 g/mol. The van der Waals surface area contributed by atoms with Crippen LogP contribution in [0.15, 0.2) is 53.4 Å². The molecule has 0 aromatic heterocycles. The first-order valence-corrected chi connectivity index (χ1v) is 7.20. The highest BCUT2D eigenvalue weighted by Gasteiger charge is 2.29. The number of fused-ring (bicyclic) bond motifs is 1. The fraction of sp³-hybridized carbons (Fsp3) is 0.250. The minimum atomic E-state index is -0.402. The molecule has 1 aliphatic heterocycles. The van der Waals surface area contributed by atoms with Crippen molar-refractivity contribution >= 4 is 11.8 Å². The molecule has 1 aliphatic rings. The van der Waals surface area contributed by atoms with Gasteiger partial charge >= 0.3 is 0 Å². The third-order valence-electron chi connectivity index (χ3n) is 3.50. The molecule has 2 aromatic rings.